The van der Waals surface area contributed by atoms with Gasteiger partial charge in [0.25, 0.3) is 10.0 Å². The second kappa shape index (κ2) is 10.7. The van der Waals surface area contributed by atoms with E-state index in [-0.39, 0.29) is 23.0 Å². The van der Waals surface area contributed by atoms with Gasteiger partial charge in [-0.2, -0.15) is 13.7 Å². The van der Waals surface area contributed by atoms with Crippen molar-refractivity contribution in [1.82, 2.24) is 10.6 Å². The molecule has 0 aliphatic carbocycles. The number of benzene rings is 2. The number of nitrogens with one attached hydrogen (secondary N) is 2. The lowest BCUT2D eigenvalue weighted by molar-refractivity contribution is -0.122. The van der Waals surface area contributed by atoms with E-state index < -0.39 is 37.6 Å². The molecule has 0 aromatic heterocycles. The molecule has 0 radical (unpaired) electrons. The monoisotopic (exact) mass is 462 g/mol. The van der Waals surface area contributed by atoms with Crippen molar-refractivity contribution in [3.05, 3.63) is 66.2 Å². The summed E-state index contributed by atoms with van der Waals surface area (Å²) in [4.78, 5) is 12.4. The van der Waals surface area contributed by atoms with Crippen LogP contribution in [0.3, 0.4) is 0 Å². The Morgan fingerprint density at radius 1 is 1.03 bits per heavy atom. The third-order valence-electron chi connectivity index (χ3n) is 3.99. The van der Waals surface area contributed by atoms with E-state index >= 15 is 0 Å². The molecule has 0 spiro atoms. The highest BCUT2D eigenvalue weighted by molar-refractivity contribution is 7.90. The highest BCUT2D eigenvalue weighted by atomic mass is 32.2. The highest BCUT2D eigenvalue weighted by Gasteiger charge is 2.26. The van der Waals surface area contributed by atoms with Crippen LogP contribution in [0.25, 0.3) is 0 Å². The Bertz CT molecular complexity index is 1170. The van der Waals surface area contributed by atoms with E-state index in [0.717, 1.165) is 0 Å². The van der Waals surface area contributed by atoms with Gasteiger partial charge in [0.1, 0.15) is 18.4 Å². The van der Waals surface area contributed by atoms with E-state index in [9.17, 15) is 21.6 Å². The third kappa shape index (κ3) is 7.84. The Morgan fingerprint density at radius 3 is 2.19 bits per heavy atom. The Kier molecular flexibility index (Phi) is 8.30. The SMILES string of the molecule is C/C(=N\S(=O)(=O)c1ccccc1)NC(CS(=O)(=O)Cc1ccccc1)C(=O)NCC#N. The summed E-state index contributed by atoms with van der Waals surface area (Å²) in [5.41, 5.74) is 0.552. The van der Waals surface area contributed by atoms with Crippen LogP contribution in [0.2, 0.25) is 0 Å². The van der Waals surface area contributed by atoms with Crippen LogP contribution < -0.4 is 10.6 Å². The van der Waals surface area contributed by atoms with Gasteiger partial charge in [0.2, 0.25) is 5.91 Å². The van der Waals surface area contributed by atoms with Crippen LogP contribution >= 0.6 is 0 Å². The number of carbonyl (C=O) groups excluding carboxylic acids is 1. The van der Waals surface area contributed by atoms with Crippen LogP contribution in [-0.4, -0.2) is 46.9 Å². The number of amides is 1. The molecule has 2 N–H and O–H groups in total. The Balaban J connectivity index is 2.23. The lowest BCUT2D eigenvalue weighted by Crippen LogP contribution is -2.50. The minimum absolute atomic E-state index is 0.0432. The van der Waals surface area contributed by atoms with Crippen molar-refractivity contribution in [2.45, 2.75) is 23.6 Å². The first-order valence-electron chi connectivity index (χ1n) is 9.15. The fraction of sp³-hybridized carbons (Fsp3) is 0.250. The largest absolute Gasteiger partial charge is 0.361 e. The number of rotatable bonds is 9. The fourth-order valence-electron chi connectivity index (χ4n) is 2.68. The van der Waals surface area contributed by atoms with Gasteiger partial charge < -0.3 is 10.6 Å². The summed E-state index contributed by atoms with van der Waals surface area (Å²) >= 11 is 0. The van der Waals surface area contributed by atoms with Crippen LogP contribution in [0.1, 0.15) is 12.5 Å². The Labute approximate surface area is 181 Å². The molecule has 2 aromatic carbocycles. The average molecular weight is 463 g/mol. The summed E-state index contributed by atoms with van der Waals surface area (Å²) in [6.07, 6.45) is 0. The second-order valence-corrected chi connectivity index (χ2v) is 10.3. The molecule has 0 saturated heterocycles. The molecule has 2 aromatic rings. The number of sulfonamides is 1. The maximum absolute atomic E-state index is 12.6. The van der Waals surface area contributed by atoms with Gasteiger partial charge >= 0.3 is 0 Å². The smallest absolute Gasteiger partial charge is 0.283 e. The molecule has 2 rings (SSSR count). The van der Waals surface area contributed by atoms with Gasteiger partial charge in [-0.15, -0.1) is 4.40 Å². The molecule has 0 aliphatic heterocycles. The topological polar surface area (TPSA) is 146 Å². The standard InChI is InChI=1S/C20H22N4O5S2/c1-16(24-31(28,29)18-10-6-3-7-11-18)23-19(20(25)22-13-12-21)15-30(26,27)14-17-8-4-2-5-9-17/h2-11,19H,13-15H2,1H3,(H,22,25)(H,23,24). The first-order chi connectivity index (χ1) is 14.6. The summed E-state index contributed by atoms with van der Waals surface area (Å²) in [5, 5.41) is 13.5. The number of nitriles is 1. The average Bonchev–Trinajstić information content (AvgIpc) is 2.72. The van der Waals surface area contributed by atoms with Crippen molar-refractivity contribution in [2.75, 3.05) is 12.3 Å². The lowest BCUT2D eigenvalue weighted by Gasteiger charge is -2.18. The summed E-state index contributed by atoms with van der Waals surface area (Å²) in [7, 11) is -7.80. The lowest BCUT2D eigenvalue weighted by atomic mass is 10.2. The van der Waals surface area contributed by atoms with Crippen molar-refractivity contribution in [2.24, 2.45) is 4.40 Å². The number of amidine groups is 1. The van der Waals surface area contributed by atoms with E-state index in [4.69, 9.17) is 5.26 Å². The zero-order chi connectivity index (χ0) is 22.9. The minimum Gasteiger partial charge on any atom is -0.361 e. The molecule has 0 saturated carbocycles. The number of carbonyl (C=O) groups is 1. The zero-order valence-corrected chi connectivity index (χ0v) is 18.4. The molecule has 0 heterocycles. The quantitative estimate of drug-likeness (QED) is 0.321. The van der Waals surface area contributed by atoms with Crippen LogP contribution in [0, 0.1) is 11.3 Å². The molecule has 31 heavy (non-hydrogen) atoms. The molecule has 164 valence electrons. The van der Waals surface area contributed by atoms with Gasteiger partial charge in [-0.1, -0.05) is 48.5 Å². The molecule has 1 amide bonds. The van der Waals surface area contributed by atoms with Gasteiger partial charge in [0.05, 0.1) is 22.5 Å². The molecular weight excluding hydrogens is 440 g/mol. The van der Waals surface area contributed by atoms with E-state index in [2.05, 4.69) is 15.0 Å². The number of sulfone groups is 1. The van der Waals surface area contributed by atoms with Crippen LogP contribution in [0.15, 0.2) is 70.0 Å². The normalized spacial score (nSPS) is 13.1. The minimum atomic E-state index is -4.05. The van der Waals surface area contributed by atoms with E-state index in [1.165, 1.54) is 19.1 Å². The molecule has 9 nitrogen and oxygen atoms in total. The van der Waals surface area contributed by atoms with Crippen LogP contribution in [0.5, 0.6) is 0 Å². The predicted molar refractivity (Wildman–Crippen MR) is 116 cm³/mol. The van der Waals surface area contributed by atoms with Crippen molar-refractivity contribution < 1.29 is 21.6 Å². The van der Waals surface area contributed by atoms with Crippen LogP contribution in [0.4, 0.5) is 0 Å². The fourth-order valence-corrected chi connectivity index (χ4v) is 5.26. The molecule has 0 fully saturated rings. The van der Waals surface area contributed by atoms with E-state index in [1.807, 2.05) is 0 Å². The van der Waals surface area contributed by atoms with E-state index in [0.29, 0.717) is 5.56 Å². The summed E-state index contributed by atoms with van der Waals surface area (Å²) in [5.74, 6) is -1.83. The van der Waals surface area contributed by atoms with Gasteiger partial charge in [-0.05, 0) is 24.6 Å². The summed E-state index contributed by atoms with van der Waals surface area (Å²) < 4.78 is 53.7. The zero-order valence-electron chi connectivity index (χ0n) is 16.7. The molecule has 0 aliphatic rings. The maximum atomic E-state index is 12.6. The van der Waals surface area contributed by atoms with Gasteiger partial charge in [0.15, 0.2) is 9.84 Å². The summed E-state index contributed by atoms with van der Waals surface area (Å²) in [6.45, 7) is 0.989. The van der Waals surface area contributed by atoms with Crippen LogP contribution in [-0.2, 0) is 30.4 Å². The third-order valence-corrected chi connectivity index (χ3v) is 6.99. The first-order valence-corrected chi connectivity index (χ1v) is 12.4. The van der Waals surface area contributed by atoms with E-state index in [1.54, 1.807) is 54.6 Å². The number of hydrogen-bond donors (Lipinski definition) is 2. The molecular formula is C20H22N4O5S2. The van der Waals surface area contributed by atoms with Crippen molar-refractivity contribution in [3.8, 4) is 6.07 Å². The van der Waals surface area contributed by atoms with Crippen molar-refractivity contribution in [3.63, 3.8) is 0 Å². The highest BCUT2D eigenvalue weighted by Crippen LogP contribution is 2.12. The van der Waals surface area contributed by atoms with Gasteiger partial charge in [-0.25, -0.2) is 8.42 Å². The first kappa shape index (κ1) is 24.0. The molecule has 1 unspecified atom stereocenters. The van der Waals surface area contributed by atoms with Crippen molar-refractivity contribution >= 4 is 31.6 Å². The Morgan fingerprint density at radius 2 is 1.61 bits per heavy atom. The van der Waals surface area contributed by atoms with Crippen molar-refractivity contribution in [1.29, 1.82) is 5.26 Å². The maximum Gasteiger partial charge on any atom is 0.283 e. The summed E-state index contributed by atoms with van der Waals surface area (Å²) in [6, 6.07) is 16.3. The predicted octanol–water partition coefficient (Wildman–Crippen LogP) is 1.01. The number of nitrogens with zero attached hydrogens (tertiary/aromatic N) is 2. The Hall–Kier alpha value is -3.23. The molecule has 11 heteroatoms. The molecule has 1 atom stereocenters. The van der Waals surface area contributed by atoms with Gasteiger partial charge in [0, 0.05) is 0 Å². The second-order valence-electron chi connectivity index (χ2n) is 6.58. The van der Waals surface area contributed by atoms with Gasteiger partial charge in [-0.3, -0.25) is 4.79 Å². The number of hydrogen-bond acceptors (Lipinski definition) is 6. The molecule has 0 bridgehead atoms.